The number of nitro groups is 1. The highest BCUT2D eigenvalue weighted by Gasteiger charge is 2.12. The predicted octanol–water partition coefficient (Wildman–Crippen LogP) is 4.07. The molecule has 2 aromatic rings. The summed E-state index contributed by atoms with van der Waals surface area (Å²) < 4.78 is 5.13. The Morgan fingerprint density at radius 3 is 2.68 bits per heavy atom. The summed E-state index contributed by atoms with van der Waals surface area (Å²) in [5, 5.41) is 17.5. The minimum atomic E-state index is -0.491. The second-order valence-corrected chi connectivity index (χ2v) is 5.08. The predicted molar refractivity (Wildman–Crippen MR) is 90.9 cm³/mol. The number of hydrogen-bond donors (Lipinski definition) is 2. The second-order valence-electron chi connectivity index (χ2n) is 4.23. The molecule has 0 spiro atoms. The van der Waals surface area contributed by atoms with Crippen LogP contribution < -0.4 is 15.4 Å². The molecule has 8 heteroatoms. The lowest BCUT2D eigenvalue weighted by molar-refractivity contribution is -0.384. The van der Waals surface area contributed by atoms with Crippen LogP contribution in [-0.2, 0) is 0 Å². The summed E-state index contributed by atoms with van der Waals surface area (Å²) in [5.41, 5.74) is 1.19. The summed E-state index contributed by atoms with van der Waals surface area (Å²) in [7, 11) is 1.43. The van der Waals surface area contributed by atoms with Crippen LogP contribution in [0.1, 0.15) is 0 Å². The van der Waals surface area contributed by atoms with Gasteiger partial charge in [-0.1, -0.05) is 17.7 Å². The van der Waals surface area contributed by atoms with E-state index in [1.165, 1.54) is 25.3 Å². The fourth-order valence-corrected chi connectivity index (χ4v) is 2.17. The van der Waals surface area contributed by atoms with Crippen molar-refractivity contribution in [2.24, 2.45) is 0 Å². The van der Waals surface area contributed by atoms with Crippen LogP contribution in [0.5, 0.6) is 5.75 Å². The number of hydrogen-bond acceptors (Lipinski definition) is 4. The van der Waals surface area contributed by atoms with Gasteiger partial charge in [-0.2, -0.15) is 0 Å². The summed E-state index contributed by atoms with van der Waals surface area (Å²) in [4.78, 5) is 10.3. The Morgan fingerprint density at radius 1 is 1.27 bits per heavy atom. The Morgan fingerprint density at radius 2 is 2.05 bits per heavy atom. The largest absolute Gasteiger partial charge is 0.494 e. The zero-order valence-electron chi connectivity index (χ0n) is 11.5. The molecule has 0 saturated carbocycles. The maximum absolute atomic E-state index is 10.8. The highest BCUT2D eigenvalue weighted by Crippen LogP contribution is 2.29. The first-order valence-corrected chi connectivity index (χ1v) is 6.94. The monoisotopic (exact) mass is 337 g/mol. The molecule has 0 aliphatic heterocycles. The number of anilines is 2. The van der Waals surface area contributed by atoms with E-state index in [1.807, 2.05) is 6.07 Å². The van der Waals surface area contributed by atoms with Crippen LogP contribution in [0.4, 0.5) is 17.1 Å². The summed E-state index contributed by atoms with van der Waals surface area (Å²) >= 11 is 11.1. The maximum Gasteiger partial charge on any atom is 0.273 e. The molecule has 2 rings (SSSR count). The molecule has 0 saturated heterocycles. The molecular weight excluding hydrogens is 326 g/mol. The molecule has 2 aromatic carbocycles. The van der Waals surface area contributed by atoms with Crippen LogP contribution in [0.25, 0.3) is 0 Å². The van der Waals surface area contributed by atoms with Gasteiger partial charge in [-0.05, 0) is 36.5 Å². The first-order chi connectivity index (χ1) is 10.5. The van der Waals surface area contributed by atoms with Crippen LogP contribution in [0, 0.1) is 10.1 Å². The van der Waals surface area contributed by atoms with Crippen LogP contribution in [-0.4, -0.2) is 17.1 Å². The summed E-state index contributed by atoms with van der Waals surface area (Å²) in [6, 6.07) is 11.3. The molecular formula is C14H12ClN3O3S. The van der Waals surface area contributed by atoms with E-state index in [-0.39, 0.29) is 5.69 Å². The topological polar surface area (TPSA) is 76.4 Å². The summed E-state index contributed by atoms with van der Waals surface area (Å²) in [6.45, 7) is 0. The molecule has 6 nitrogen and oxygen atoms in total. The second kappa shape index (κ2) is 7.06. The van der Waals surface area contributed by atoms with Crippen molar-refractivity contribution < 1.29 is 9.66 Å². The van der Waals surface area contributed by atoms with Crippen molar-refractivity contribution >= 4 is 46.0 Å². The van der Waals surface area contributed by atoms with Gasteiger partial charge in [-0.25, -0.2) is 0 Å². The average molecular weight is 338 g/mol. The van der Waals surface area contributed by atoms with Crippen molar-refractivity contribution in [3.05, 3.63) is 57.6 Å². The molecule has 0 radical (unpaired) electrons. The zero-order valence-corrected chi connectivity index (χ0v) is 13.1. The van der Waals surface area contributed by atoms with Gasteiger partial charge >= 0.3 is 0 Å². The van der Waals surface area contributed by atoms with Crippen LogP contribution >= 0.6 is 23.8 Å². The van der Waals surface area contributed by atoms with Crippen LogP contribution in [0.2, 0.25) is 5.02 Å². The molecule has 114 valence electrons. The Kier molecular flexibility index (Phi) is 5.13. The number of ether oxygens (including phenoxy) is 1. The number of benzene rings is 2. The van der Waals surface area contributed by atoms with Gasteiger partial charge in [-0.15, -0.1) is 0 Å². The summed E-state index contributed by atoms with van der Waals surface area (Å²) in [6.07, 6.45) is 0. The van der Waals surface area contributed by atoms with Crippen molar-refractivity contribution in [3.63, 3.8) is 0 Å². The van der Waals surface area contributed by atoms with E-state index >= 15 is 0 Å². The van der Waals surface area contributed by atoms with E-state index in [0.717, 1.165) is 5.69 Å². The minimum Gasteiger partial charge on any atom is -0.494 e. The quantitative estimate of drug-likeness (QED) is 0.497. The zero-order chi connectivity index (χ0) is 16.1. The Hall–Kier alpha value is -2.38. The number of rotatable bonds is 4. The van der Waals surface area contributed by atoms with Crippen molar-refractivity contribution in [2.75, 3.05) is 17.7 Å². The van der Waals surface area contributed by atoms with E-state index in [1.54, 1.807) is 18.2 Å². The van der Waals surface area contributed by atoms with E-state index in [2.05, 4.69) is 10.6 Å². The lowest BCUT2D eigenvalue weighted by atomic mass is 10.2. The van der Waals surface area contributed by atoms with E-state index in [9.17, 15) is 10.1 Å². The molecule has 0 aromatic heterocycles. The molecule has 0 atom stereocenters. The number of methoxy groups -OCH3 is 1. The SMILES string of the molecule is COc1cc([N+](=O)[O-])ccc1NC(=S)Nc1cccc(Cl)c1. The number of nitrogens with one attached hydrogen (secondary N) is 2. The average Bonchev–Trinajstić information content (AvgIpc) is 2.47. The number of nitrogens with zero attached hydrogens (tertiary/aromatic N) is 1. The van der Waals surface area contributed by atoms with Gasteiger partial charge in [0.05, 0.1) is 23.8 Å². The normalized spacial score (nSPS) is 9.91. The standard InChI is InChI=1S/C14H12ClN3O3S/c1-21-13-8-11(18(19)20)5-6-12(13)17-14(22)16-10-4-2-3-9(15)7-10/h2-8H,1H3,(H2,16,17,22). The number of halogens is 1. The third-order valence-electron chi connectivity index (χ3n) is 2.73. The third-order valence-corrected chi connectivity index (χ3v) is 3.17. The van der Waals surface area contributed by atoms with Gasteiger partial charge in [-0.3, -0.25) is 10.1 Å². The van der Waals surface area contributed by atoms with E-state index in [0.29, 0.717) is 21.6 Å². The van der Waals surface area contributed by atoms with Gasteiger partial charge in [0.15, 0.2) is 5.11 Å². The third kappa shape index (κ3) is 4.06. The molecule has 0 fully saturated rings. The van der Waals surface area contributed by atoms with Crippen molar-refractivity contribution in [2.45, 2.75) is 0 Å². The lowest BCUT2D eigenvalue weighted by Crippen LogP contribution is -2.19. The lowest BCUT2D eigenvalue weighted by Gasteiger charge is -2.13. The fraction of sp³-hybridized carbons (Fsp3) is 0.0714. The van der Waals surface area contributed by atoms with Gasteiger partial charge in [0.1, 0.15) is 5.75 Å². The molecule has 0 aliphatic carbocycles. The van der Waals surface area contributed by atoms with E-state index < -0.39 is 4.92 Å². The van der Waals surface area contributed by atoms with Gasteiger partial charge in [0.25, 0.3) is 5.69 Å². The Balaban J connectivity index is 2.12. The number of nitro benzene ring substituents is 1. The fourth-order valence-electron chi connectivity index (χ4n) is 1.75. The Bertz CT molecular complexity index is 724. The summed E-state index contributed by atoms with van der Waals surface area (Å²) in [5.74, 6) is 0.324. The molecule has 22 heavy (non-hydrogen) atoms. The smallest absolute Gasteiger partial charge is 0.273 e. The Labute approximate surface area is 137 Å². The van der Waals surface area contributed by atoms with Crippen molar-refractivity contribution in [3.8, 4) is 5.75 Å². The van der Waals surface area contributed by atoms with E-state index in [4.69, 9.17) is 28.6 Å². The molecule has 0 heterocycles. The minimum absolute atomic E-state index is 0.0591. The van der Waals surface area contributed by atoms with Crippen molar-refractivity contribution in [1.29, 1.82) is 0 Å². The van der Waals surface area contributed by atoms with Crippen molar-refractivity contribution in [1.82, 2.24) is 0 Å². The first-order valence-electron chi connectivity index (χ1n) is 6.15. The highest BCUT2D eigenvalue weighted by molar-refractivity contribution is 7.80. The molecule has 0 unspecified atom stereocenters. The molecule has 0 aliphatic rings. The number of thiocarbonyl (C=S) groups is 1. The first kappa shape index (κ1) is 16.0. The van der Waals surface area contributed by atoms with Gasteiger partial charge in [0.2, 0.25) is 0 Å². The van der Waals surface area contributed by atoms with Gasteiger partial charge in [0, 0.05) is 16.8 Å². The highest BCUT2D eigenvalue weighted by atomic mass is 35.5. The maximum atomic E-state index is 10.8. The molecule has 0 amide bonds. The van der Waals surface area contributed by atoms with Crippen LogP contribution in [0.15, 0.2) is 42.5 Å². The molecule has 0 bridgehead atoms. The van der Waals surface area contributed by atoms with Crippen LogP contribution in [0.3, 0.4) is 0 Å². The molecule has 2 N–H and O–H groups in total. The number of non-ortho nitro benzene ring substituents is 1. The van der Waals surface area contributed by atoms with Gasteiger partial charge < -0.3 is 15.4 Å².